The quantitative estimate of drug-likeness (QED) is 0.879. The maximum Gasteiger partial charge on any atom is 0.224 e. The van der Waals surface area contributed by atoms with Gasteiger partial charge in [-0.15, -0.1) is 0 Å². The molecule has 1 aliphatic rings. The first-order valence-electron chi connectivity index (χ1n) is 6.39. The summed E-state index contributed by atoms with van der Waals surface area (Å²) in [5.74, 6) is 1.40. The highest BCUT2D eigenvalue weighted by Crippen LogP contribution is 2.30. The first-order chi connectivity index (χ1) is 9.74. The van der Waals surface area contributed by atoms with Crippen molar-refractivity contribution in [2.75, 3.05) is 23.3 Å². The van der Waals surface area contributed by atoms with Crippen LogP contribution in [0.2, 0.25) is 10.3 Å². The number of aromatic nitrogens is 3. The van der Waals surface area contributed by atoms with Crippen LogP contribution >= 0.6 is 23.2 Å². The van der Waals surface area contributed by atoms with Crippen LogP contribution in [0.1, 0.15) is 12.8 Å². The van der Waals surface area contributed by atoms with Gasteiger partial charge >= 0.3 is 0 Å². The fraction of sp³-hybridized carbons (Fsp3) is 0.308. The smallest absolute Gasteiger partial charge is 0.224 e. The number of nitrogens with zero attached hydrogens (tertiary/aromatic N) is 4. The zero-order valence-corrected chi connectivity index (χ0v) is 12.2. The molecule has 1 fully saturated rings. The van der Waals surface area contributed by atoms with Gasteiger partial charge in [0.1, 0.15) is 5.02 Å². The van der Waals surface area contributed by atoms with E-state index in [2.05, 4.69) is 25.2 Å². The van der Waals surface area contributed by atoms with Crippen LogP contribution in [0.4, 0.5) is 17.3 Å². The normalized spacial score (nSPS) is 14.6. The van der Waals surface area contributed by atoms with Crippen LogP contribution in [0, 0.1) is 0 Å². The molecule has 104 valence electrons. The summed E-state index contributed by atoms with van der Waals surface area (Å²) < 4.78 is 0. The lowest BCUT2D eigenvalue weighted by atomic mass is 10.3. The average Bonchev–Trinajstić information content (AvgIpc) is 2.97. The van der Waals surface area contributed by atoms with Crippen LogP contribution in [0.25, 0.3) is 0 Å². The van der Waals surface area contributed by atoms with Crippen LogP contribution in [-0.2, 0) is 0 Å². The summed E-state index contributed by atoms with van der Waals surface area (Å²) in [6.45, 7) is 2.04. The van der Waals surface area contributed by atoms with Gasteiger partial charge in [0, 0.05) is 19.3 Å². The third kappa shape index (κ3) is 2.78. The second kappa shape index (κ2) is 5.81. The minimum absolute atomic E-state index is 0.156. The molecule has 1 saturated heterocycles. The number of halogens is 2. The molecule has 2 aromatic rings. The molecule has 1 N–H and O–H groups in total. The van der Waals surface area contributed by atoms with E-state index in [4.69, 9.17) is 23.2 Å². The molecule has 0 aliphatic carbocycles. The Morgan fingerprint density at radius 3 is 2.75 bits per heavy atom. The van der Waals surface area contributed by atoms with Crippen LogP contribution < -0.4 is 10.2 Å². The largest absolute Gasteiger partial charge is 0.355 e. The Hall–Kier alpha value is -1.59. The fourth-order valence-corrected chi connectivity index (χ4v) is 2.51. The summed E-state index contributed by atoms with van der Waals surface area (Å²) in [7, 11) is 0. The number of hydrogen-bond acceptors (Lipinski definition) is 5. The van der Waals surface area contributed by atoms with E-state index < -0.39 is 0 Å². The van der Waals surface area contributed by atoms with Crippen molar-refractivity contribution in [3.8, 4) is 0 Å². The number of hydrogen-bond donors (Lipinski definition) is 1. The van der Waals surface area contributed by atoms with Gasteiger partial charge in [0.25, 0.3) is 0 Å². The summed E-state index contributed by atoms with van der Waals surface area (Å²) in [6, 6.07) is 3.83. The Bertz CT molecular complexity index is 613. The average molecular weight is 310 g/mol. The van der Waals surface area contributed by atoms with Crippen molar-refractivity contribution in [3.05, 3.63) is 34.8 Å². The molecule has 0 amide bonds. The van der Waals surface area contributed by atoms with E-state index in [1.165, 1.54) is 19.0 Å². The lowest BCUT2D eigenvalue weighted by Crippen LogP contribution is -2.20. The van der Waals surface area contributed by atoms with Crippen molar-refractivity contribution in [2.24, 2.45) is 0 Å². The minimum atomic E-state index is 0.156. The van der Waals surface area contributed by atoms with Crippen molar-refractivity contribution < 1.29 is 0 Å². The molecule has 0 unspecified atom stereocenters. The highest BCUT2D eigenvalue weighted by atomic mass is 35.5. The van der Waals surface area contributed by atoms with Gasteiger partial charge in [0.2, 0.25) is 5.28 Å². The van der Waals surface area contributed by atoms with Crippen LogP contribution in [0.15, 0.2) is 24.5 Å². The Balaban J connectivity index is 1.92. The Morgan fingerprint density at radius 2 is 1.95 bits per heavy atom. The maximum absolute atomic E-state index is 6.08. The SMILES string of the molecule is Clc1ncc(Cl)c(Nc2cccnc2N2CCCC2)n1. The molecule has 5 nitrogen and oxygen atoms in total. The third-order valence-electron chi connectivity index (χ3n) is 3.16. The highest BCUT2D eigenvalue weighted by molar-refractivity contribution is 6.33. The molecule has 0 atom stereocenters. The van der Waals surface area contributed by atoms with Gasteiger partial charge in [-0.1, -0.05) is 11.6 Å². The lowest BCUT2D eigenvalue weighted by Gasteiger charge is -2.20. The maximum atomic E-state index is 6.08. The lowest BCUT2D eigenvalue weighted by molar-refractivity contribution is 0.939. The van der Waals surface area contributed by atoms with Gasteiger partial charge in [-0.3, -0.25) is 0 Å². The molecule has 3 heterocycles. The van der Waals surface area contributed by atoms with Crippen LogP contribution in [0.5, 0.6) is 0 Å². The first-order valence-corrected chi connectivity index (χ1v) is 7.14. The number of nitrogens with one attached hydrogen (secondary N) is 1. The summed E-state index contributed by atoms with van der Waals surface area (Å²) in [5, 5.41) is 3.76. The fourth-order valence-electron chi connectivity index (χ4n) is 2.24. The van der Waals surface area contributed by atoms with Gasteiger partial charge in [-0.05, 0) is 36.6 Å². The summed E-state index contributed by atoms with van der Waals surface area (Å²) in [4.78, 5) is 14.6. The Kier molecular flexibility index (Phi) is 3.89. The van der Waals surface area contributed by atoms with Crippen molar-refractivity contribution in [1.82, 2.24) is 15.0 Å². The number of rotatable bonds is 3. The molecule has 0 spiro atoms. The van der Waals surface area contributed by atoms with E-state index in [1.807, 2.05) is 12.1 Å². The molecule has 0 radical (unpaired) electrons. The highest BCUT2D eigenvalue weighted by Gasteiger charge is 2.17. The van der Waals surface area contributed by atoms with Gasteiger partial charge in [-0.25, -0.2) is 9.97 Å². The molecule has 0 saturated carbocycles. The third-order valence-corrected chi connectivity index (χ3v) is 3.62. The summed E-state index contributed by atoms with van der Waals surface area (Å²) >= 11 is 11.9. The van der Waals surface area contributed by atoms with E-state index in [0.717, 1.165) is 24.6 Å². The Labute approximate surface area is 127 Å². The molecule has 0 bridgehead atoms. The number of anilines is 3. The van der Waals surface area contributed by atoms with E-state index in [1.54, 1.807) is 6.20 Å². The second-order valence-corrected chi connectivity index (χ2v) is 5.27. The van der Waals surface area contributed by atoms with Gasteiger partial charge in [0.05, 0.1) is 11.9 Å². The standard InChI is InChI=1S/C13H13Cl2N5/c14-9-8-17-13(15)19-11(9)18-10-4-3-5-16-12(10)20-6-1-2-7-20/h3-5,8H,1-2,6-7H2,(H,17,18,19). The molecule has 7 heteroatoms. The van der Waals surface area contributed by atoms with Crippen molar-refractivity contribution in [3.63, 3.8) is 0 Å². The van der Waals surface area contributed by atoms with Crippen LogP contribution in [0.3, 0.4) is 0 Å². The predicted octanol–water partition coefficient (Wildman–Crippen LogP) is 3.52. The van der Waals surface area contributed by atoms with Gasteiger partial charge in [0.15, 0.2) is 11.6 Å². The zero-order chi connectivity index (χ0) is 13.9. The van der Waals surface area contributed by atoms with Crippen molar-refractivity contribution >= 4 is 40.5 Å². The predicted molar refractivity (Wildman–Crippen MR) is 81.0 cm³/mol. The topological polar surface area (TPSA) is 53.9 Å². The number of pyridine rings is 1. The summed E-state index contributed by atoms with van der Waals surface area (Å²) in [6.07, 6.45) is 5.64. The van der Waals surface area contributed by atoms with Crippen molar-refractivity contribution in [1.29, 1.82) is 0 Å². The monoisotopic (exact) mass is 309 g/mol. The molecular weight excluding hydrogens is 297 g/mol. The molecular formula is C13H13Cl2N5. The van der Waals surface area contributed by atoms with E-state index in [9.17, 15) is 0 Å². The minimum Gasteiger partial charge on any atom is -0.355 e. The second-order valence-electron chi connectivity index (χ2n) is 4.53. The molecule has 3 rings (SSSR count). The zero-order valence-electron chi connectivity index (χ0n) is 10.7. The molecule has 2 aromatic heterocycles. The van der Waals surface area contributed by atoms with Gasteiger partial charge in [-0.2, -0.15) is 4.98 Å². The van der Waals surface area contributed by atoms with Crippen LogP contribution in [-0.4, -0.2) is 28.0 Å². The molecule has 0 aromatic carbocycles. The Morgan fingerprint density at radius 1 is 1.15 bits per heavy atom. The molecule has 20 heavy (non-hydrogen) atoms. The van der Waals surface area contributed by atoms with Gasteiger partial charge < -0.3 is 10.2 Å². The first kappa shape index (κ1) is 13.4. The van der Waals surface area contributed by atoms with E-state index in [0.29, 0.717) is 10.8 Å². The van der Waals surface area contributed by atoms with Crippen molar-refractivity contribution in [2.45, 2.75) is 12.8 Å². The van der Waals surface area contributed by atoms with E-state index in [-0.39, 0.29) is 5.28 Å². The summed E-state index contributed by atoms with van der Waals surface area (Å²) in [5.41, 5.74) is 0.867. The molecule has 1 aliphatic heterocycles. The van der Waals surface area contributed by atoms with E-state index >= 15 is 0 Å².